The standard InChI is InChI=1S/C16H32N2O4/c1-15(2)22-13-16(20)18-10-6-4-8-12-21-11-7-3-5-9-17-14-19/h14-15H,3-13H2,1-2H3,(H,17,19)(H,18,20). The summed E-state index contributed by atoms with van der Waals surface area (Å²) in [4.78, 5) is 21.4. The van der Waals surface area contributed by atoms with E-state index < -0.39 is 0 Å². The first-order valence-corrected chi connectivity index (χ1v) is 8.30. The van der Waals surface area contributed by atoms with Gasteiger partial charge in [0.2, 0.25) is 12.3 Å². The van der Waals surface area contributed by atoms with Gasteiger partial charge in [-0.15, -0.1) is 0 Å². The van der Waals surface area contributed by atoms with Crippen molar-refractivity contribution in [2.24, 2.45) is 0 Å². The third-order valence-corrected chi connectivity index (χ3v) is 3.03. The van der Waals surface area contributed by atoms with Gasteiger partial charge in [0, 0.05) is 26.3 Å². The Morgan fingerprint density at radius 3 is 2.23 bits per heavy atom. The third-order valence-electron chi connectivity index (χ3n) is 3.03. The quantitative estimate of drug-likeness (QED) is 0.335. The summed E-state index contributed by atoms with van der Waals surface area (Å²) in [7, 11) is 0. The predicted molar refractivity (Wildman–Crippen MR) is 86.7 cm³/mol. The molecular formula is C16H32N2O4. The highest BCUT2D eigenvalue weighted by Crippen LogP contribution is 1.98. The van der Waals surface area contributed by atoms with Gasteiger partial charge in [0.15, 0.2) is 0 Å². The maximum Gasteiger partial charge on any atom is 0.246 e. The molecule has 0 aliphatic rings. The highest BCUT2D eigenvalue weighted by molar-refractivity contribution is 5.77. The zero-order valence-electron chi connectivity index (χ0n) is 14.1. The molecule has 22 heavy (non-hydrogen) atoms. The van der Waals surface area contributed by atoms with Gasteiger partial charge in [-0.2, -0.15) is 0 Å². The van der Waals surface area contributed by atoms with Crippen LogP contribution in [0.25, 0.3) is 0 Å². The molecule has 0 spiro atoms. The van der Waals surface area contributed by atoms with Crippen molar-refractivity contribution in [1.29, 1.82) is 0 Å². The van der Waals surface area contributed by atoms with Crippen LogP contribution in [0.15, 0.2) is 0 Å². The van der Waals surface area contributed by atoms with E-state index in [1.807, 2.05) is 13.8 Å². The number of hydrogen-bond donors (Lipinski definition) is 2. The van der Waals surface area contributed by atoms with Crippen molar-refractivity contribution in [3.63, 3.8) is 0 Å². The van der Waals surface area contributed by atoms with E-state index in [1.165, 1.54) is 0 Å². The fraction of sp³-hybridized carbons (Fsp3) is 0.875. The summed E-state index contributed by atoms with van der Waals surface area (Å²) in [6.45, 7) is 6.97. The average Bonchev–Trinajstić information content (AvgIpc) is 2.49. The van der Waals surface area contributed by atoms with E-state index in [9.17, 15) is 9.59 Å². The number of carbonyl (C=O) groups excluding carboxylic acids is 2. The normalized spacial score (nSPS) is 10.7. The Labute approximate surface area is 134 Å². The highest BCUT2D eigenvalue weighted by Gasteiger charge is 2.01. The van der Waals surface area contributed by atoms with Gasteiger partial charge < -0.3 is 20.1 Å². The summed E-state index contributed by atoms with van der Waals surface area (Å²) in [6.07, 6.45) is 6.97. The Bertz CT molecular complexity index is 273. The minimum atomic E-state index is -0.0472. The number of hydrogen-bond acceptors (Lipinski definition) is 4. The van der Waals surface area contributed by atoms with Gasteiger partial charge in [-0.1, -0.05) is 0 Å². The van der Waals surface area contributed by atoms with E-state index in [2.05, 4.69) is 10.6 Å². The highest BCUT2D eigenvalue weighted by atomic mass is 16.5. The van der Waals surface area contributed by atoms with Crippen LogP contribution < -0.4 is 10.6 Å². The van der Waals surface area contributed by atoms with Gasteiger partial charge in [-0.25, -0.2) is 0 Å². The molecule has 0 aromatic carbocycles. The Hall–Kier alpha value is -1.14. The molecule has 0 heterocycles. The monoisotopic (exact) mass is 316 g/mol. The van der Waals surface area contributed by atoms with Crippen molar-refractivity contribution in [2.75, 3.05) is 32.9 Å². The van der Waals surface area contributed by atoms with E-state index >= 15 is 0 Å². The van der Waals surface area contributed by atoms with Crippen molar-refractivity contribution < 1.29 is 19.1 Å². The lowest BCUT2D eigenvalue weighted by atomic mass is 10.2. The van der Waals surface area contributed by atoms with Crippen molar-refractivity contribution in [3.8, 4) is 0 Å². The lowest BCUT2D eigenvalue weighted by Crippen LogP contribution is -2.29. The van der Waals surface area contributed by atoms with Crippen LogP contribution in [-0.2, 0) is 19.1 Å². The fourth-order valence-corrected chi connectivity index (χ4v) is 1.80. The topological polar surface area (TPSA) is 76.7 Å². The van der Waals surface area contributed by atoms with Crippen LogP contribution in [0.2, 0.25) is 0 Å². The molecule has 0 bridgehead atoms. The van der Waals surface area contributed by atoms with Gasteiger partial charge in [-0.3, -0.25) is 9.59 Å². The predicted octanol–water partition coefficient (Wildman–Crippen LogP) is 1.63. The molecule has 2 amide bonds. The Balaban J connectivity index is 3.11. The van der Waals surface area contributed by atoms with Crippen LogP contribution >= 0.6 is 0 Å². The lowest BCUT2D eigenvalue weighted by Gasteiger charge is -2.08. The lowest BCUT2D eigenvalue weighted by molar-refractivity contribution is -0.127. The summed E-state index contributed by atoms with van der Waals surface area (Å²) in [5, 5.41) is 5.48. The summed E-state index contributed by atoms with van der Waals surface area (Å²) in [6, 6.07) is 0. The smallest absolute Gasteiger partial charge is 0.246 e. The summed E-state index contributed by atoms with van der Waals surface area (Å²) in [5.41, 5.74) is 0. The molecule has 0 atom stereocenters. The van der Waals surface area contributed by atoms with Crippen molar-refractivity contribution >= 4 is 12.3 Å². The van der Waals surface area contributed by atoms with Crippen molar-refractivity contribution in [2.45, 2.75) is 58.5 Å². The zero-order chi connectivity index (χ0) is 16.5. The first kappa shape index (κ1) is 20.9. The number of amides is 2. The minimum absolute atomic E-state index is 0.0472. The number of nitrogens with one attached hydrogen (secondary N) is 2. The second kappa shape index (κ2) is 16.2. The van der Waals surface area contributed by atoms with E-state index in [4.69, 9.17) is 9.47 Å². The van der Waals surface area contributed by atoms with Crippen LogP contribution in [0, 0.1) is 0 Å². The molecule has 0 aromatic heterocycles. The van der Waals surface area contributed by atoms with Gasteiger partial charge in [0.05, 0.1) is 6.10 Å². The number of carbonyl (C=O) groups is 2. The maximum atomic E-state index is 11.4. The molecule has 6 heteroatoms. The van der Waals surface area contributed by atoms with E-state index in [-0.39, 0.29) is 18.6 Å². The van der Waals surface area contributed by atoms with Crippen LogP contribution in [-0.4, -0.2) is 51.3 Å². The van der Waals surface area contributed by atoms with Gasteiger partial charge in [0.1, 0.15) is 6.61 Å². The molecule has 0 saturated carbocycles. The molecule has 0 fully saturated rings. The molecule has 0 aromatic rings. The third kappa shape index (κ3) is 16.9. The summed E-state index contributed by atoms with van der Waals surface area (Å²) >= 11 is 0. The van der Waals surface area contributed by atoms with E-state index in [0.29, 0.717) is 6.54 Å². The molecule has 0 radical (unpaired) electrons. The average molecular weight is 316 g/mol. The minimum Gasteiger partial charge on any atom is -0.381 e. The van der Waals surface area contributed by atoms with E-state index in [0.717, 1.165) is 64.7 Å². The van der Waals surface area contributed by atoms with Crippen molar-refractivity contribution in [3.05, 3.63) is 0 Å². The van der Waals surface area contributed by atoms with E-state index in [1.54, 1.807) is 0 Å². The van der Waals surface area contributed by atoms with Gasteiger partial charge in [-0.05, 0) is 52.4 Å². The molecular weight excluding hydrogens is 284 g/mol. The van der Waals surface area contributed by atoms with Gasteiger partial charge in [0.25, 0.3) is 0 Å². The number of unbranched alkanes of at least 4 members (excludes halogenated alkanes) is 4. The molecule has 0 aliphatic carbocycles. The zero-order valence-corrected chi connectivity index (χ0v) is 14.1. The van der Waals surface area contributed by atoms with Crippen molar-refractivity contribution in [1.82, 2.24) is 10.6 Å². The number of ether oxygens (including phenoxy) is 2. The van der Waals surface area contributed by atoms with Gasteiger partial charge >= 0.3 is 0 Å². The second-order valence-electron chi connectivity index (χ2n) is 5.52. The first-order valence-electron chi connectivity index (χ1n) is 8.30. The molecule has 0 aliphatic heterocycles. The van der Waals surface area contributed by atoms with Crippen LogP contribution in [0.5, 0.6) is 0 Å². The Morgan fingerprint density at radius 2 is 1.64 bits per heavy atom. The molecule has 130 valence electrons. The molecule has 6 nitrogen and oxygen atoms in total. The molecule has 0 saturated heterocycles. The molecule has 0 rings (SSSR count). The SMILES string of the molecule is CC(C)OCC(=O)NCCCCCOCCCCCNC=O. The van der Waals surface area contributed by atoms with Crippen LogP contribution in [0.3, 0.4) is 0 Å². The Kier molecular flexibility index (Phi) is 15.4. The summed E-state index contributed by atoms with van der Waals surface area (Å²) < 4.78 is 10.7. The maximum absolute atomic E-state index is 11.4. The molecule has 2 N–H and O–H groups in total. The first-order chi connectivity index (χ1) is 10.7. The fourth-order valence-electron chi connectivity index (χ4n) is 1.80. The molecule has 0 unspecified atom stereocenters. The largest absolute Gasteiger partial charge is 0.381 e. The van der Waals surface area contributed by atoms with Crippen LogP contribution in [0.1, 0.15) is 52.4 Å². The second-order valence-corrected chi connectivity index (χ2v) is 5.52. The Morgan fingerprint density at radius 1 is 1.00 bits per heavy atom. The summed E-state index contributed by atoms with van der Waals surface area (Å²) in [5.74, 6) is -0.0472. The number of rotatable bonds is 16. The van der Waals surface area contributed by atoms with Crippen LogP contribution in [0.4, 0.5) is 0 Å².